The largest absolute Gasteiger partial charge is 0.334 e. The molecular formula is C16H16BrN3. The molecule has 0 amide bonds. The summed E-state index contributed by atoms with van der Waals surface area (Å²) in [6.07, 6.45) is 2.93. The Morgan fingerprint density at radius 2 is 2.05 bits per heavy atom. The number of rotatable bonds is 2. The molecule has 0 aliphatic heterocycles. The van der Waals surface area contributed by atoms with Crippen LogP contribution in [0.1, 0.15) is 18.2 Å². The van der Waals surface area contributed by atoms with E-state index in [-0.39, 0.29) is 0 Å². The van der Waals surface area contributed by atoms with Crippen molar-refractivity contribution in [3.8, 4) is 11.4 Å². The van der Waals surface area contributed by atoms with Crippen LogP contribution < -0.4 is 0 Å². The fourth-order valence-corrected chi connectivity index (χ4v) is 3.17. The molecule has 0 saturated heterocycles. The van der Waals surface area contributed by atoms with E-state index in [1.165, 1.54) is 5.56 Å². The highest BCUT2D eigenvalue weighted by molar-refractivity contribution is 9.10. The Bertz CT molecular complexity index is 790. The predicted molar refractivity (Wildman–Crippen MR) is 85.8 cm³/mol. The highest BCUT2D eigenvalue weighted by Gasteiger charge is 2.14. The zero-order valence-corrected chi connectivity index (χ0v) is 13.4. The van der Waals surface area contributed by atoms with Gasteiger partial charge in [-0.1, -0.05) is 30.7 Å². The van der Waals surface area contributed by atoms with Crippen molar-refractivity contribution in [2.75, 3.05) is 0 Å². The van der Waals surface area contributed by atoms with E-state index in [0.29, 0.717) is 0 Å². The van der Waals surface area contributed by atoms with E-state index in [0.717, 1.165) is 39.0 Å². The standard InChI is InChI=1S/C16H16BrN3/c1-4-13-14-12(17)9-20(3)16(14)19-15(18-13)11-7-5-6-10(2)8-11/h5-9H,4H2,1-3H3. The van der Waals surface area contributed by atoms with Crippen LogP contribution in [0.15, 0.2) is 34.9 Å². The molecule has 0 atom stereocenters. The van der Waals surface area contributed by atoms with Crippen LogP contribution in [-0.2, 0) is 13.5 Å². The number of benzene rings is 1. The van der Waals surface area contributed by atoms with Crippen LogP contribution in [0.2, 0.25) is 0 Å². The fourth-order valence-electron chi connectivity index (χ4n) is 2.46. The molecule has 3 aromatic rings. The maximum absolute atomic E-state index is 4.75. The predicted octanol–water partition coefficient (Wildman–Crippen LogP) is 4.27. The molecule has 2 aromatic heterocycles. The highest BCUT2D eigenvalue weighted by Crippen LogP contribution is 2.29. The molecule has 0 unspecified atom stereocenters. The SMILES string of the molecule is CCc1nc(-c2cccc(C)c2)nc2c1c(Br)cn2C. The molecule has 0 aliphatic carbocycles. The Hall–Kier alpha value is -1.68. The maximum atomic E-state index is 4.75. The van der Waals surface area contributed by atoms with E-state index >= 15 is 0 Å². The summed E-state index contributed by atoms with van der Waals surface area (Å²) in [6.45, 7) is 4.21. The fraction of sp³-hybridized carbons (Fsp3) is 0.250. The molecule has 102 valence electrons. The average Bonchev–Trinajstić information content (AvgIpc) is 2.73. The van der Waals surface area contributed by atoms with E-state index in [1.807, 2.05) is 23.9 Å². The summed E-state index contributed by atoms with van der Waals surface area (Å²) >= 11 is 3.60. The van der Waals surface area contributed by atoms with Crippen LogP contribution >= 0.6 is 15.9 Å². The van der Waals surface area contributed by atoms with Crippen LogP contribution in [0.25, 0.3) is 22.4 Å². The summed E-state index contributed by atoms with van der Waals surface area (Å²) in [4.78, 5) is 9.49. The Morgan fingerprint density at radius 1 is 1.25 bits per heavy atom. The molecule has 4 heteroatoms. The molecule has 0 bridgehead atoms. The minimum Gasteiger partial charge on any atom is -0.334 e. The van der Waals surface area contributed by atoms with E-state index in [4.69, 9.17) is 9.97 Å². The van der Waals surface area contributed by atoms with Crippen LogP contribution in [0.5, 0.6) is 0 Å². The van der Waals surface area contributed by atoms with Gasteiger partial charge in [-0.2, -0.15) is 0 Å². The lowest BCUT2D eigenvalue weighted by molar-refractivity contribution is 0.936. The van der Waals surface area contributed by atoms with Crippen LogP contribution in [-0.4, -0.2) is 14.5 Å². The number of hydrogen-bond donors (Lipinski definition) is 0. The zero-order valence-electron chi connectivity index (χ0n) is 11.8. The first kappa shape index (κ1) is 13.3. The molecule has 0 spiro atoms. The zero-order chi connectivity index (χ0) is 14.3. The van der Waals surface area contributed by atoms with Gasteiger partial charge in [0.1, 0.15) is 5.65 Å². The third-order valence-electron chi connectivity index (χ3n) is 3.46. The summed E-state index contributed by atoms with van der Waals surface area (Å²) in [5.74, 6) is 0.798. The first-order valence-electron chi connectivity index (χ1n) is 6.68. The van der Waals surface area contributed by atoms with Gasteiger partial charge in [-0.05, 0) is 35.3 Å². The number of hydrogen-bond acceptors (Lipinski definition) is 2. The van der Waals surface area contributed by atoms with Gasteiger partial charge in [0.15, 0.2) is 5.82 Å². The molecule has 0 aliphatic rings. The topological polar surface area (TPSA) is 30.7 Å². The Kier molecular flexibility index (Phi) is 3.34. The van der Waals surface area contributed by atoms with Gasteiger partial charge in [0.2, 0.25) is 0 Å². The summed E-state index contributed by atoms with van der Waals surface area (Å²) < 4.78 is 3.10. The molecule has 2 heterocycles. The van der Waals surface area contributed by atoms with Crippen molar-refractivity contribution in [1.82, 2.24) is 14.5 Å². The van der Waals surface area contributed by atoms with Crippen molar-refractivity contribution in [3.05, 3.63) is 46.2 Å². The molecule has 0 radical (unpaired) electrons. The molecule has 1 aromatic carbocycles. The lowest BCUT2D eigenvalue weighted by Crippen LogP contribution is -1.98. The van der Waals surface area contributed by atoms with E-state index in [1.54, 1.807) is 0 Å². The van der Waals surface area contributed by atoms with Gasteiger partial charge >= 0.3 is 0 Å². The van der Waals surface area contributed by atoms with Crippen molar-refractivity contribution in [1.29, 1.82) is 0 Å². The Balaban J connectivity index is 2.30. The smallest absolute Gasteiger partial charge is 0.161 e. The molecule has 3 nitrogen and oxygen atoms in total. The van der Waals surface area contributed by atoms with Gasteiger partial charge in [0.05, 0.1) is 11.1 Å². The third kappa shape index (κ3) is 2.14. The summed E-state index contributed by atoms with van der Waals surface area (Å²) in [5, 5.41) is 1.12. The minimum atomic E-state index is 0.798. The number of aromatic nitrogens is 3. The summed E-state index contributed by atoms with van der Waals surface area (Å²) in [6, 6.07) is 8.32. The summed E-state index contributed by atoms with van der Waals surface area (Å²) in [5.41, 5.74) is 4.34. The van der Waals surface area contributed by atoms with Crippen LogP contribution in [0.3, 0.4) is 0 Å². The van der Waals surface area contributed by atoms with E-state index in [9.17, 15) is 0 Å². The van der Waals surface area contributed by atoms with E-state index < -0.39 is 0 Å². The lowest BCUT2D eigenvalue weighted by atomic mass is 10.1. The van der Waals surface area contributed by atoms with Gasteiger partial charge in [-0.25, -0.2) is 9.97 Å². The minimum absolute atomic E-state index is 0.798. The molecular weight excluding hydrogens is 314 g/mol. The first-order chi connectivity index (χ1) is 9.60. The van der Waals surface area contributed by atoms with Crippen molar-refractivity contribution in [3.63, 3.8) is 0 Å². The first-order valence-corrected chi connectivity index (χ1v) is 7.48. The van der Waals surface area contributed by atoms with Crippen molar-refractivity contribution in [2.24, 2.45) is 7.05 Å². The van der Waals surface area contributed by atoms with Crippen LogP contribution in [0.4, 0.5) is 0 Å². The molecule has 0 N–H and O–H groups in total. The summed E-state index contributed by atoms with van der Waals surface area (Å²) in [7, 11) is 2.01. The number of nitrogens with zero attached hydrogens (tertiary/aromatic N) is 3. The number of halogens is 1. The molecule has 0 saturated carbocycles. The van der Waals surface area contributed by atoms with Crippen molar-refractivity contribution >= 4 is 27.0 Å². The second-order valence-corrected chi connectivity index (χ2v) is 5.86. The average molecular weight is 330 g/mol. The molecule has 3 rings (SSSR count). The number of fused-ring (bicyclic) bond motifs is 1. The van der Waals surface area contributed by atoms with Gasteiger partial charge in [0.25, 0.3) is 0 Å². The molecule has 0 fully saturated rings. The quantitative estimate of drug-likeness (QED) is 0.703. The molecule has 20 heavy (non-hydrogen) atoms. The van der Waals surface area contributed by atoms with E-state index in [2.05, 4.69) is 48.0 Å². The van der Waals surface area contributed by atoms with Gasteiger partial charge in [0, 0.05) is 23.3 Å². The highest BCUT2D eigenvalue weighted by atomic mass is 79.9. The second kappa shape index (κ2) is 5.02. The monoisotopic (exact) mass is 329 g/mol. The van der Waals surface area contributed by atoms with Crippen molar-refractivity contribution in [2.45, 2.75) is 20.3 Å². The van der Waals surface area contributed by atoms with Gasteiger partial charge in [-0.15, -0.1) is 0 Å². The third-order valence-corrected chi connectivity index (χ3v) is 4.06. The lowest BCUT2D eigenvalue weighted by Gasteiger charge is -2.07. The van der Waals surface area contributed by atoms with Crippen molar-refractivity contribution < 1.29 is 0 Å². The van der Waals surface area contributed by atoms with Gasteiger partial charge < -0.3 is 4.57 Å². The van der Waals surface area contributed by atoms with Crippen LogP contribution in [0, 0.1) is 6.92 Å². The Labute approximate surface area is 126 Å². The second-order valence-electron chi connectivity index (χ2n) is 5.00. The van der Waals surface area contributed by atoms with Gasteiger partial charge in [-0.3, -0.25) is 0 Å². The normalized spacial score (nSPS) is 11.2. The maximum Gasteiger partial charge on any atom is 0.161 e. The number of aryl methyl sites for hydroxylation is 3. The Morgan fingerprint density at radius 3 is 2.75 bits per heavy atom.